The summed E-state index contributed by atoms with van der Waals surface area (Å²) in [5.74, 6) is 0.375. The Kier molecular flexibility index (Phi) is 6.01. The van der Waals surface area contributed by atoms with Crippen LogP contribution >= 0.6 is 0 Å². The first kappa shape index (κ1) is 17.6. The Morgan fingerprint density at radius 1 is 1.04 bits per heavy atom. The number of ether oxygens (including phenoxy) is 2. The number of hydrogen-bond donors (Lipinski definition) is 0. The first-order valence-electron chi connectivity index (χ1n) is 7.87. The molecule has 24 heavy (non-hydrogen) atoms. The molecular formula is C20H23NO3. The molecule has 2 aromatic carbocycles. The Labute approximate surface area is 143 Å². The van der Waals surface area contributed by atoms with Crippen LogP contribution in [-0.2, 0) is 9.53 Å². The van der Waals surface area contributed by atoms with Crippen LogP contribution in [0, 0.1) is 6.92 Å². The predicted molar refractivity (Wildman–Crippen MR) is 97.2 cm³/mol. The molecule has 126 valence electrons. The molecule has 0 saturated carbocycles. The first-order chi connectivity index (χ1) is 11.6. The molecule has 0 amide bonds. The van der Waals surface area contributed by atoms with Gasteiger partial charge in [0.15, 0.2) is 0 Å². The summed E-state index contributed by atoms with van der Waals surface area (Å²) < 4.78 is 10.1. The molecule has 0 heterocycles. The van der Waals surface area contributed by atoms with Crippen molar-refractivity contribution in [3.63, 3.8) is 0 Å². The molecule has 4 nitrogen and oxygen atoms in total. The SMILES string of the molecule is CCN(/C=C(\C(=O)OC)c1ccc(OC)cc1)c1ccc(C)cc1. The lowest BCUT2D eigenvalue weighted by Crippen LogP contribution is -2.18. The molecule has 0 fully saturated rings. The largest absolute Gasteiger partial charge is 0.497 e. The van der Waals surface area contributed by atoms with Gasteiger partial charge in [-0.05, 0) is 43.7 Å². The highest BCUT2D eigenvalue weighted by atomic mass is 16.5. The topological polar surface area (TPSA) is 38.8 Å². The van der Waals surface area contributed by atoms with E-state index in [9.17, 15) is 4.79 Å². The van der Waals surface area contributed by atoms with Crippen LogP contribution < -0.4 is 9.64 Å². The molecule has 0 saturated heterocycles. The fourth-order valence-electron chi connectivity index (χ4n) is 2.37. The summed E-state index contributed by atoms with van der Waals surface area (Å²) in [5.41, 5.74) is 3.51. The highest BCUT2D eigenvalue weighted by Gasteiger charge is 2.15. The molecule has 2 aromatic rings. The smallest absolute Gasteiger partial charge is 0.339 e. The maximum Gasteiger partial charge on any atom is 0.339 e. The maximum atomic E-state index is 12.3. The number of benzene rings is 2. The third-order valence-electron chi connectivity index (χ3n) is 3.80. The molecule has 0 spiro atoms. The zero-order valence-electron chi connectivity index (χ0n) is 14.6. The Morgan fingerprint density at radius 2 is 1.67 bits per heavy atom. The van der Waals surface area contributed by atoms with E-state index in [1.165, 1.54) is 12.7 Å². The number of aryl methyl sites for hydroxylation is 1. The van der Waals surface area contributed by atoms with Crippen molar-refractivity contribution in [1.82, 2.24) is 0 Å². The van der Waals surface area contributed by atoms with Gasteiger partial charge in [0.2, 0.25) is 0 Å². The quantitative estimate of drug-likeness (QED) is 0.593. The summed E-state index contributed by atoms with van der Waals surface area (Å²) in [5, 5.41) is 0. The second kappa shape index (κ2) is 8.20. The lowest BCUT2D eigenvalue weighted by Gasteiger charge is -2.20. The summed E-state index contributed by atoms with van der Waals surface area (Å²) in [4.78, 5) is 14.3. The Balaban J connectivity index is 2.42. The number of rotatable bonds is 6. The van der Waals surface area contributed by atoms with Gasteiger partial charge in [-0.1, -0.05) is 29.8 Å². The van der Waals surface area contributed by atoms with E-state index in [1.807, 2.05) is 61.3 Å². The van der Waals surface area contributed by atoms with E-state index >= 15 is 0 Å². The van der Waals surface area contributed by atoms with Crippen molar-refractivity contribution >= 4 is 17.2 Å². The first-order valence-corrected chi connectivity index (χ1v) is 7.87. The van der Waals surface area contributed by atoms with Crippen molar-refractivity contribution in [1.29, 1.82) is 0 Å². The van der Waals surface area contributed by atoms with Crippen molar-refractivity contribution in [2.75, 3.05) is 25.7 Å². The average Bonchev–Trinajstić information content (AvgIpc) is 2.63. The number of carbonyl (C=O) groups is 1. The minimum atomic E-state index is -0.370. The standard InChI is InChI=1S/C20H23NO3/c1-5-21(17-10-6-15(2)7-11-17)14-19(20(22)24-4)16-8-12-18(23-3)13-9-16/h6-14H,5H2,1-4H3/b19-14-. The number of methoxy groups -OCH3 is 2. The minimum Gasteiger partial charge on any atom is -0.497 e. The van der Waals surface area contributed by atoms with Crippen LogP contribution in [0.4, 0.5) is 5.69 Å². The van der Waals surface area contributed by atoms with E-state index in [-0.39, 0.29) is 5.97 Å². The number of esters is 1. The molecule has 4 heteroatoms. The van der Waals surface area contributed by atoms with E-state index in [0.717, 1.165) is 23.5 Å². The van der Waals surface area contributed by atoms with E-state index in [4.69, 9.17) is 9.47 Å². The van der Waals surface area contributed by atoms with Crippen LogP contribution in [0.2, 0.25) is 0 Å². The van der Waals surface area contributed by atoms with E-state index < -0.39 is 0 Å². The number of nitrogens with zero attached hydrogens (tertiary/aromatic N) is 1. The highest BCUT2D eigenvalue weighted by molar-refractivity contribution is 6.16. The van der Waals surface area contributed by atoms with Gasteiger partial charge in [-0.2, -0.15) is 0 Å². The van der Waals surface area contributed by atoms with Gasteiger partial charge in [-0.15, -0.1) is 0 Å². The molecule has 0 radical (unpaired) electrons. The van der Waals surface area contributed by atoms with Crippen LogP contribution in [0.3, 0.4) is 0 Å². The van der Waals surface area contributed by atoms with Crippen molar-refractivity contribution in [3.8, 4) is 5.75 Å². The molecule has 0 aliphatic heterocycles. The van der Waals surface area contributed by atoms with E-state index in [0.29, 0.717) is 5.57 Å². The zero-order valence-corrected chi connectivity index (χ0v) is 14.6. The zero-order chi connectivity index (χ0) is 17.5. The van der Waals surface area contributed by atoms with Gasteiger partial charge >= 0.3 is 5.97 Å². The van der Waals surface area contributed by atoms with Gasteiger partial charge in [0.1, 0.15) is 5.75 Å². The van der Waals surface area contributed by atoms with Crippen LogP contribution in [0.1, 0.15) is 18.1 Å². The Bertz CT molecular complexity index is 703. The third kappa shape index (κ3) is 4.16. The average molecular weight is 325 g/mol. The fourth-order valence-corrected chi connectivity index (χ4v) is 2.37. The lowest BCUT2D eigenvalue weighted by molar-refractivity contribution is -0.133. The molecule has 0 N–H and O–H groups in total. The van der Waals surface area contributed by atoms with Crippen molar-refractivity contribution < 1.29 is 14.3 Å². The van der Waals surface area contributed by atoms with E-state index in [2.05, 4.69) is 12.1 Å². The van der Waals surface area contributed by atoms with Gasteiger partial charge < -0.3 is 14.4 Å². The predicted octanol–water partition coefficient (Wildman–Crippen LogP) is 4.04. The molecule has 2 rings (SSSR count). The summed E-state index contributed by atoms with van der Waals surface area (Å²) in [6, 6.07) is 15.5. The summed E-state index contributed by atoms with van der Waals surface area (Å²) in [6.45, 7) is 4.83. The number of anilines is 1. The van der Waals surface area contributed by atoms with Crippen LogP contribution in [-0.4, -0.2) is 26.7 Å². The molecule has 0 aromatic heterocycles. The van der Waals surface area contributed by atoms with Gasteiger partial charge in [0.25, 0.3) is 0 Å². The molecule has 0 unspecified atom stereocenters. The molecular weight excluding hydrogens is 302 g/mol. The van der Waals surface area contributed by atoms with E-state index in [1.54, 1.807) is 7.11 Å². The molecule has 0 aliphatic rings. The van der Waals surface area contributed by atoms with Gasteiger partial charge in [0, 0.05) is 18.4 Å². The Morgan fingerprint density at radius 3 is 2.17 bits per heavy atom. The van der Waals surface area contributed by atoms with Gasteiger partial charge in [0.05, 0.1) is 19.8 Å². The normalized spacial score (nSPS) is 11.1. The summed E-state index contributed by atoms with van der Waals surface area (Å²) in [7, 11) is 3.00. The lowest BCUT2D eigenvalue weighted by atomic mass is 10.1. The minimum absolute atomic E-state index is 0.370. The van der Waals surface area contributed by atoms with Crippen molar-refractivity contribution in [2.24, 2.45) is 0 Å². The number of hydrogen-bond acceptors (Lipinski definition) is 4. The fraction of sp³-hybridized carbons (Fsp3) is 0.250. The van der Waals surface area contributed by atoms with Crippen LogP contribution in [0.5, 0.6) is 5.75 Å². The molecule has 0 atom stereocenters. The monoisotopic (exact) mass is 325 g/mol. The van der Waals surface area contributed by atoms with Crippen LogP contribution in [0.15, 0.2) is 54.7 Å². The third-order valence-corrected chi connectivity index (χ3v) is 3.80. The second-order valence-corrected chi connectivity index (χ2v) is 5.38. The van der Waals surface area contributed by atoms with Crippen molar-refractivity contribution in [3.05, 3.63) is 65.9 Å². The molecule has 0 bridgehead atoms. The maximum absolute atomic E-state index is 12.3. The van der Waals surface area contributed by atoms with Crippen LogP contribution in [0.25, 0.3) is 5.57 Å². The molecule has 0 aliphatic carbocycles. The van der Waals surface area contributed by atoms with Gasteiger partial charge in [-0.3, -0.25) is 0 Å². The highest BCUT2D eigenvalue weighted by Crippen LogP contribution is 2.23. The summed E-state index contributed by atoms with van der Waals surface area (Å²) in [6.07, 6.45) is 1.83. The van der Waals surface area contributed by atoms with Crippen molar-refractivity contribution in [2.45, 2.75) is 13.8 Å². The summed E-state index contributed by atoms with van der Waals surface area (Å²) >= 11 is 0. The number of carbonyl (C=O) groups excluding carboxylic acids is 1. The Hall–Kier alpha value is -2.75. The second-order valence-electron chi connectivity index (χ2n) is 5.38. The van der Waals surface area contributed by atoms with Gasteiger partial charge in [-0.25, -0.2) is 4.79 Å².